The highest BCUT2D eigenvalue weighted by molar-refractivity contribution is 8.04. The molecule has 3 heteroatoms. The van der Waals surface area contributed by atoms with Gasteiger partial charge in [-0.3, -0.25) is 0 Å². The fourth-order valence-corrected chi connectivity index (χ4v) is 1.24. The minimum Gasteiger partial charge on any atom is -0.0778 e. The van der Waals surface area contributed by atoms with Crippen molar-refractivity contribution in [2.75, 3.05) is 0 Å². The summed E-state index contributed by atoms with van der Waals surface area (Å²) in [5.41, 5.74) is 0.498. The van der Waals surface area contributed by atoms with E-state index in [9.17, 15) is 0 Å². The van der Waals surface area contributed by atoms with Gasteiger partial charge in [0.2, 0.25) is 0 Å². The standard InChI is InChI=1S/C4H9Cl2P/c1-3-4(2)7(5)6/h4H,3H2,1-2H3. The molecule has 0 aromatic carbocycles. The molecule has 0 rings (SSSR count). The third-order valence-electron chi connectivity index (χ3n) is 0.924. The molecule has 0 spiro atoms. The Morgan fingerprint density at radius 1 is 1.57 bits per heavy atom. The van der Waals surface area contributed by atoms with E-state index in [1.807, 2.05) is 0 Å². The summed E-state index contributed by atoms with van der Waals surface area (Å²) in [5.74, 6) is 0. The van der Waals surface area contributed by atoms with Crippen molar-refractivity contribution in [3.05, 3.63) is 0 Å². The predicted octanol–water partition coefficient (Wildman–Crippen LogP) is 3.57. The zero-order valence-electron chi connectivity index (χ0n) is 4.49. The van der Waals surface area contributed by atoms with Crippen molar-refractivity contribution in [1.29, 1.82) is 0 Å². The van der Waals surface area contributed by atoms with Crippen LogP contribution in [-0.4, -0.2) is 5.66 Å². The van der Waals surface area contributed by atoms with Gasteiger partial charge in [-0.1, -0.05) is 36.3 Å². The van der Waals surface area contributed by atoms with Gasteiger partial charge in [-0.15, -0.1) is 0 Å². The Bertz CT molecular complexity index is 47.0. The zero-order valence-corrected chi connectivity index (χ0v) is 6.89. The number of rotatable bonds is 2. The lowest BCUT2D eigenvalue weighted by atomic mass is 10.4. The van der Waals surface area contributed by atoms with Crippen LogP contribution in [0.1, 0.15) is 20.3 Å². The number of hydrogen-bond donors (Lipinski definition) is 0. The molecule has 0 amide bonds. The molecule has 0 fully saturated rings. The molecule has 0 radical (unpaired) electrons. The van der Waals surface area contributed by atoms with Gasteiger partial charge in [0.25, 0.3) is 0 Å². The fraction of sp³-hybridized carbons (Fsp3) is 1.00. The van der Waals surface area contributed by atoms with E-state index in [4.69, 9.17) is 22.5 Å². The predicted molar refractivity (Wildman–Crippen MR) is 38.4 cm³/mol. The van der Waals surface area contributed by atoms with Crippen molar-refractivity contribution in [1.82, 2.24) is 0 Å². The van der Waals surface area contributed by atoms with Crippen LogP contribution in [0.25, 0.3) is 0 Å². The lowest BCUT2D eigenvalue weighted by Crippen LogP contribution is -1.87. The average Bonchev–Trinajstić information content (AvgIpc) is 1.65. The van der Waals surface area contributed by atoms with Gasteiger partial charge in [0.15, 0.2) is 0 Å². The summed E-state index contributed by atoms with van der Waals surface area (Å²) < 4.78 is 0. The first-order valence-electron chi connectivity index (χ1n) is 2.29. The first-order valence-corrected chi connectivity index (χ1v) is 5.51. The van der Waals surface area contributed by atoms with Crippen LogP contribution in [0.5, 0.6) is 0 Å². The second-order valence-corrected chi connectivity index (χ2v) is 5.62. The maximum absolute atomic E-state index is 5.56. The smallest absolute Gasteiger partial charge is 0.0778 e. The quantitative estimate of drug-likeness (QED) is 0.540. The molecule has 0 saturated carbocycles. The van der Waals surface area contributed by atoms with E-state index >= 15 is 0 Å². The third kappa shape index (κ3) is 3.58. The van der Waals surface area contributed by atoms with Crippen molar-refractivity contribution in [2.24, 2.45) is 0 Å². The lowest BCUT2D eigenvalue weighted by Gasteiger charge is -2.05. The molecule has 44 valence electrons. The molecule has 0 aromatic heterocycles. The van der Waals surface area contributed by atoms with Crippen molar-refractivity contribution in [2.45, 2.75) is 25.9 Å². The Hall–Kier alpha value is 1.01. The Labute approximate surface area is 55.5 Å². The van der Waals surface area contributed by atoms with E-state index in [0.717, 1.165) is 6.42 Å². The van der Waals surface area contributed by atoms with Crippen LogP contribution in [0, 0.1) is 0 Å². The van der Waals surface area contributed by atoms with E-state index in [1.54, 1.807) is 0 Å². The summed E-state index contributed by atoms with van der Waals surface area (Å²) in [7, 11) is 0. The SMILES string of the molecule is CCC(C)P(Cl)Cl. The van der Waals surface area contributed by atoms with Crippen molar-refractivity contribution < 1.29 is 0 Å². The third-order valence-corrected chi connectivity index (χ3v) is 3.95. The van der Waals surface area contributed by atoms with Crippen molar-refractivity contribution in [3.63, 3.8) is 0 Å². The van der Waals surface area contributed by atoms with Crippen molar-refractivity contribution in [3.8, 4) is 0 Å². The molecule has 0 nitrogen and oxygen atoms in total. The number of hydrogen-bond acceptors (Lipinski definition) is 0. The van der Waals surface area contributed by atoms with E-state index in [2.05, 4.69) is 13.8 Å². The molecule has 0 saturated heterocycles. The van der Waals surface area contributed by atoms with Crippen LogP contribution in [0.2, 0.25) is 0 Å². The van der Waals surface area contributed by atoms with E-state index in [-0.39, 0.29) is 0 Å². The van der Waals surface area contributed by atoms with Crippen LogP contribution in [0.3, 0.4) is 0 Å². The Morgan fingerprint density at radius 2 is 2.00 bits per heavy atom. The second-order valence-electron chi connectivity index (χ2n) is 1.52. The van der Waals surface area contributed by atoms with Crippen molar-refractivity contribution >= 4 is 29.1 Å². The maximum atomic E-state index is 5.56. The highest BCUT2D eigenvalue weighted by Crippen LogP contribution is 2.52. The summed E-state index contributed by atoms with van der Waals surface area (Å²) in [6.45, 7) is 3.43. The van der Waals surface area contributed by atoms with Gasteiger partial charge >= 0.3 is 0 Å². The van der Waals surface area contributed by atoms with Crippen LogP contribution >= 0.6 is 29.1 Å². The van der Waals surface area contributed by atoms with Gasteiger partial charge in [0.1, 0.15) is 0 Å². The first kappa shape index (κ1) is 8.01. The molecule has 7 heavy (non-hydrogen) atoms. The topological polar surface area (TPSA) is 0 Å². The molecule has 1 unspecified atom stereocenters. The molecule has 1 atom stereocenters. The Morgan fingerprint density at radius 3 is 2.00 bits per heavy atom. The minimum absolute atomic E-state index is 0.498. The fourth-order valence-electron chi connectivity index (χ4n) is 0.138. The largest absolute Gasteiger partial charge is 0.0883 e. The highest BCUT2D eigenvalue weighted by Gasteiger charge is 2.06. The summed E-state index contributed by atoms with van der Waals surface area (Å²) in [6, 6.07) is 0. The molecular formula is C4H9Cl2P. The summed E-state index contributed by atoms with van der Waals surface area (Å²) in [4.78, 5) is 0. The molecule has 0 aliphatic carbocycles. The molecule has 0 heterocycles. The van der Waals surface area contributed by atoms with E-state index in [1.165, 1.54) is 0 Å². The zero-order chi connectivity index (χ0) is 5.86. The van der Waals surface area contributed by atoms with Crippen LogP contribution < -0.4 is 0 Å². The summed E-state index contributed by atoms with van der Waals surface area (Å²) in [6.07, 6.45) is 1.08. The molecule has 0 aliphatic rings. The van der Waals surface area contributed by atoms with Gasteiger partial charge in [-0.2, -0.15) is 0 Å². The maximum Gasteiger partial charge on any atom is 0.0883 e. The molecule has 0 bridgehead atoms. The van der Waals surface area contributed by atoms with Gasteiger partial charge in [0, 0.05) is 5.66 Å². The normalized spacial score (nSPS) is 15.0. The van der Waals surface area contributed by atoms with Gasteiger partial charge in [0.05, 0.1) is 6.63 Å². The molecular weight excluding hydrogens is 150 g/mol. The van der Waals surface area contributed by atoms with Crippen LogP contribution in [-0.2, 0) is 0 Å². The van der Waals surface area contributed by atoms with E-state index < -0.39 is 6.63 Å². The van der Waals surface area contributed by atoms with Crippen LogP contribution in [0.4, 0.5) is 0 Å². The highest BCUT2D eigenvalue weighted by atomic mass is 35.9. The lowest BCUT2D eigenvalue weighted by molar-refractivity contribution is 0.903. The summed E-state index contributed by atoms with van der Waals surface area (Å²) >= 11 is 11.1. The first-order chi connectivity index (χ1) is 3.18. The van der Waals surface area contributed by atoms with Gasteiger partial charge in [-0.25, -0.2) is 0 Å². The molecule has 0 N–H and O–H groups in total. The number of halogens is 2. The Balaban J connectivity index is 3.14. The van der Waals surface area contributed by atoms with E-state index in [0.29, 0.717) is 5.66 Å². The average molecular weight is 159 g/mol. The summed E-state index contributed by atoms with van der Waals surface area (Å²) in [5, 5.41) is 0. The Kier molecular flexibility index (Phi) is 4.52. The van der Waals surface area contributed by atoms with Crippen LogP contribution in [0.15, 0.2) is 0 Å². The molecule has 0 aliphatic heterocycles. The second kappa shape index (κ2) is 3.95. The molecule has 0 aromatic rings. The van der Waals surface area contributed by atoms with Gasteiger partial charge in [-0.05, 0) is 6.42 Å². The monoisotopic (exact) mass is 158 g/mol. The van der Waals surface area contributed by atoms with Gasteiger partial charge < -0.3 is 0 Å². The minimum atomic E-state index is -0.717.